The number of hydrogen-bond acceptors (Lipinski definition) is 4. The first-order valence-corrected chi connectivity index (χ1v) is 9.19. The Morgan fingerprint density at radius 1 is 1.43 bits per heavy atom. The van der Waals surface area contributed by atoms with Crippen molar-refractivity contribution in [2.45, 2.75) is 39.2 Å². The van der Waals surface area contributed by atoms with Gasteiger partial charge in [0.2, 0.25) is 10.0 Å². The van der Waals surface area contributed by atoms with Crippen molar-refractivity contribution >= 4 is 15.8 Å². The molecule has 21 heavy (non-hydrogen) atoms. The second kappa shape index (κ2) is 6.75. The van der Waals surface area contributed by atoms with Gasteiger partial charge in [0.1, 0.15) is 5.82 Å². The van der Waals surface area contributed by atoms with Crippen molar-refractivity contribution < 1.29 is 8.42 Å². The maximum absolute atomic E-state index is 12.2. The smallest absolute Gasteiger partial charge is 0.214 e. The van der Waals surface area contributed by atoms with Crippen LogP contribution >= 0.6 is 0 Å². The van der Waals surface area contributed by atoms with Gasteiger partial charge in [0, 0.05) is 31.9 Å². The number of sulfonamides is 1. The molecule has 1 saturated heterocycles. The summed E-state index contributed by atoms with van der Waals surface area (Å²) in [5.74, 6) is 1.17. The lowest BCUT2D eigenvalue weighted by molar-refractivity contribution is 0.319. The molecule has 0 aromatic carbocycles. The van der Waals surface area contributed by atoms with Crippen LogP contribution in [0, 0.1) is 6.92 Å². The van der Waals surface area contributed by atoms with E-state index in [1.165, 1.54) is 0 Å². The van der Waals surface area contributed by atoms with Gasteiger partial charge in [0.25, 0.3) is 0 Å². The summed E-state index contributed by atoms with van der Waals surface area (Å²) in [5, 5.41) is 0. The molecular weight excluding hydrogens is 286 g/mol. The monoisotopic (exact) mass is 311 g/mol. The van der Waals surface area contributed by atoms with Gasteiger partial charge in [0.05, 0.1) is 5.75 Å². The maximum Gasteiger partial charge on any atom is 0.214 e. The predicted molar refractivity (Wildman–Crippen MR) is 86.0 cm³/mol. The fourth-order valence-corrected chi connectivity index (χ4v) is 4.22. The molecule has 0 spiro atoms. The average molecular weight is 311 g/mol. The third kappa shape index (κ3) is 3.95. The summed E-state index contributed by atoms with van der Waals surface area (Å²) in [6, 6.07) is 6.01. The van der Waals surface area contributed by atoms with Gasteiger partial charge in [0.15, 0.2) is 0 Å². The van der Waals surface area contributed by atoms with Crippen molar-refractivity contribution in [3.63, 3.8) is 0 Å². The highest BCUT2D eigenvalue weighted by Crippen LogP contribution is 2.22. The van der Waals surface area contributed by atoms with Crippen molar-refractivity contribution in [2.75, 3.05) is 30.8 Å². The largest absolute Gasteiger partial charge is 0.355 e. The minimum Gasteiger partial charge on any atom is -0.355 e. The lowest BCUT2D eigenvalue weighted by Gasteiger charge is -2.37. The molecule has 2 heterocycles. The van der Waals surface area contributed by atoms with E-state index >= 15 is 0 Å². The van der Waals surface area contributed by atoms with Crippen LogP contribution in [0.25, 0.3) is 0 Å². The van der Waals surface area contributed by atoms with E-state index in [0.717, 1.165) is 37.4 Å². The molecule has 0 radical (unpaired) electrons. The average Bonchev–Trinajstić information content (AvgIpc) is 2.46. The van der Waals surface area contributed by atoms with Crippen LogP contribution in [0.3, 0.4) is 0 Å². The van der Waals surface area contributed by atoms with Crippen molar-refractivity contribution in [1.29, 1.82) is 0 Å². The quantitative estimate of drug-likeness (QED) is 0.835. The van der Waals surface area contributed by atoms with Crippen LogP contribution in [-0.4, -0.2) is 49.6 Å². The Hall–Kier alpha value is -1.14. The Morgan fingerprint density at radius 3 is 2.86 bits per heavy atom. The number of hydrogen-bond donors (Lipinski definition) is 0. The molecule has 1 aromatic rings. The van der Waals surface area contributed by atoms with Gasteiger partial charge in [-0.1, -0.05) is 13.0 Å². The van der Waals surface area contributed by atoms with Gasteiger partial charge in [-0.2, -0.15) is 0 Å². The van der Waals surface area contributed by atoms with Crippen molar-refractivity contribution in [3.8, 4) is 0 Å². The summed E-state index contributed by atoms with van der Waals surface area (Å²) in [7, 11) is -1.43. The molecule has 2 rings (SSSR count). The van der Waals surface area contributed by atoms with Gasteiger partial charge >= 0.3 is 0 Å². The van der Waals surface area contributed by atoms with Crippen LogP contribution in [0.5, 0.6) is 0 Å². The minimum absolute atomic E-state index is 0.0395. The molecule has 0 amide bonds. The Labute approximate surface area is 128 Å². The van der Waals surface area contributed by atoms with Crippen molar-refractivity contribution in [3.05, 3.63) is 23.9 Å². The number of nitrogens with zero attached hydrogens (tertiary/aromatic N) is 3. The van der Waals surface area contributed by atoms with Crippen LogP contribution in [0.4, 0.5) is 5.82 Å². The molecule has 1 unspecified atom stereocenters. The topological polar surface area (TPSA) is 53.5 Å². The summed E-state index contributed by atoms with van der Waals surface area (Å²) in [5.41, 5.74) is 0.988. The minimum atomic E-state index is -3.14. The molecule has 0 N–H and O–H groups in total. The third-order valence-electron chi connectivity index (χ3n) is 4.01. The van der Waals surface area contributed by atoms with Gasteiger partial charge in [-0.25, -0.2) is 17.7 Å². The zero-order chi connectivity index (χ0) is 15.5. The van der Waals surface area contributed by atoms with Gasteiger partial charge in [-0.3, -0.25) is 0 Å². The molecule has 1 atom stereocenters. The molecule has 5 nitrogen and oxygen atoms in total. The highest BCUT2D eigenvalue weighted by molar-refractivity contribution is 7.89. The lowest BCUT2D eigenvalue weighted by Crippen LogP contribution is -2.49. The SMILES string of the molecule is CCCS(=O)(=O)N(C)C1CCCN(c2cccc(C)n2)C1. The van der Waals surface area contributed by atoms with Crippen LogP contribution in [0.2, 0.25) is 0 Å². The molecule has 0 bridgehead atoms. The number of rotatable bonds is 5. The Morgan fingerprint density at radius 2 is 2.19 bits per heavy atom. The molecule has 1 aliphatic rings. The summed E-state index contributed by atoms with van der Waals surface area (Å²) in [4.78, 5) is 6.74. The fourth-order valence-electron chi connectivity index (χ4n) is 2.79. The second-order valence-electron chi connectivity index (χ2n) is 5.71. The first-order valence-electron chi connectivity index (χ1n) is 7.58. The summed E-state index contributed by atoms with van der Waals surface area (Å²) < 4.78 is 26.0. The highest BCUT2D eigenvalue weighted by atomic mass is 32.2. The molecular formula is C15H25N3O2S. The van der Waals surface area contributed by atoms with E-state index in [4.69, 9.17) is 0 Å². The van der Waals surface area contributed by atoms with Gasteiger partial charge in [-0.15, -0.1) is 0 Å². The Kier molecular flexibility index (Phi) is 5.22. The van der Waals surface area contributed by atoms with E-state index in [-0.39, 0.29) is 11.8 Å². The van der Waals surface area contributed by atoms with E-state index in [2.05, 4.69) is 9.88 Å². The summed E-state index contributed by atoms with van der Waals surface area (Å²) in [6.07, 6.45) is 2.57. The van der Waals surface area contributed by atoms with Crippen molar-refractivity contribution in [2.24, 2.45) is 0 Å². The lowest BCUT2D eigenvalue weighted by atomic mass is 10.1. The molecule has 6 heteroatoms. The Balaban J connectivity index is 2.10. The molecule has 1 fully saturated rings. The van der Waals surface area contributed by atoms with E-state index in [1.807, 2.05) is 32.0 Å². The second-order valence-corrected chi connectivity index (χ2v) is 7.86. The maximum atomic E-state index is 12.2. The highest BCUT2D eigenvalue weighted by Gasteiger charge is 2.30. The zero-order valence-corrected chi connectivity index (χ0v) is 13.9. The fraction of sp³-hybridized carbons (Fsp3) is 0.667. The van der Waals surface area contributed by atoms with E-state index in [1.54, 1.807) is 11.4 Å². The number of likely N-dealkylation sites (N-methyl/N-ethyl adjacent to an activating group) is 1. The van der Waals surface area contributed by atoms with E-state index < -0.39 is 10.0 Å². The van der Waals surface area contributed by atoms with Gasteiger partial charge in [-0.05, 0) is 38.3 Å². The number of piperidine rings is 1. The number of aryl methyl sites for hydroxylation is 1. The first kappa shape index (κ1) is 16.2. The molecule has 118 valence electrons. The number of pyridine rings is 1. The van der Waals surface area contributed by atoms with Crippen LogP contribution in [0.15, 0.2) is 18.2 Å². The van der Waals surface area contributed by atoms with Crippen LogP contribution in [-0.2, 0) is 10.0 Å². The molecule has 0 aliphatic carbocycles. The van der Waals surface area contributed by atoms with Crippen LogP contribution in [0.1, 0.15) is 31.9 Å². The van der Waals surface area contributed by atoms with E-state index in [0.29, 0.717) is 6.42 Å². The predicted octanol–water partition coefficient (Wildman–Crippen LogP) is 2.03. The first-order chi connectivity index (χ1) is 9.94. The normalized spacial score (nSPS) is 20.0. The number of aromatic nitrogens is 1. The zero-order valence-electron chi connectivity index (χ0n) is 13.1. The van der Waals surface area contributed by atoms with Crippen molar-refractivity contribution in [1.82, 2.24) is 9.29 Å². The molecule has 1 aromatic heterocycles. The van der Waals surface area contributed by atoms with E-state index in [9.17, 15) is 8.42 Å². The Bertz CT molecular complexity index is 574. The summed E-state index contributed by atoms with van der Waals surface area (Å²) in [6.45, 7) is 5.53. The van der Waals surface area contributed by atoms with Crippen LogP contribution < -0.4 is 4.90 Å². The third-order valence-corrected chi connectivity index (χ3v) is 6.11. The summed E-state index contributed by atoms with van der Waals surface area (Å²) >= 11 is 0. The molecule has 1 aliphatic heterocycles. The van der Waals surface area contributed by atoms with Gasteiger partial charge < -0.3 is 4.90 Å². The number of anilines is 1. The molecule has 0 saturated carbocycles. The standard InChI is InChI=1S/C15H25N3O2S/c1-4-11-21(19,20)17(3)14-8-6-10-18(12-14)15-9-5-7-13(2)16-15/h5,7,9,14H,4,6,8,10-12H2,1-3H3.